The van der Waals surface area contributed by atoms with E-state index in [0.29, 0.717) is 11.3 Å². The molecule has 1 aromatic rings. The van der Waals surface area contributed by atoms with Crippen LogP contribution in [0.5, 0.6) is 0 Å². The van der Waals surface area contributed by atoms with Gasteiger partial charge in [-0.1, -0.05) is 31.1 Å². The third kappa shape index (κ3) is 8.82. The van der Waals surface area contributed by atoms with Crippen LogP contribution in [0.4, 0.5) is 10.5 Å². The van der Waals surface area contributed by atoms with Crippen LogP contribution in [0.1, 0.15) is 26.3 Å². The van der Waals surface area contributed by atoms with Gasteiger partial charge in [-0.2, -0.15) is 0 Å². The Balaban J connectivity index is 2.76. The van der Waals surface area contributed by atoms with Gasteiger partial charge in [0.25, 0.3) is 0 Å². The molecule has 1 unspecified atom stereocenters. The van der Waals surface area contributed by atoms with Gasteiger partial charge in [0.1, 0.15) is 18.7 Å². The van der Waals surface area contributed by atoms with E-state index in [9.17, 15) is 22.8 Å². The maximum Gasteiger partial charge on any atom is 0.404 e. The summed E-state index contributed by atoms with van der Waals surface area (Å²) in [6.45, 7) is 4.57. The zero-order valence-electron chi connectivity index (χ0n) is 18.3. The van der Waals surface area contributed by atoms with Gasteiger partial charge in [-0.3, -0.25) is 9.59 Å². The highest BCUT2D eigenvalue weighted by atomic mass is 32.2. The van der Waals surface area contributed by atoms with Crippen LogP contribution < -0.4 is 16.4 Å². The van der Waals surface area contributed by atoms with Gasteiger partial charge in [-0.05, 0) is 42.5 Å². The lowest BCUT2D eigenvalue weighted by molar-refractivity contribution is -0.127. The Morgan fingerprint density at radius 3 is 2.22 bits per heavy atom. The minimum atomic E-state index is -3.50. The number of carbonyl (C=O) groups is 3. The first-order chi connectivity index (χ1) is 14.8. The molecule has 0 heterocycles. The van der Waals surface area contributed by atoms with Gasteiger partial charge in [0.05, 0.1) is 5.25 Å². The Bertz CT molecular complexity index is 973. The first-order valence-corrected chi connectivity index (χ1v) is 11.7. The van der Waals surface area contributed by atoms with E-state index in [2.05, 4.69) is 25.4 Å². The molecule has 0 radical (unpaired) electrons. The molecule has 0 saturated heterocycles. The van der Waals surface area contributed by atoms with Crippen LogP contribution in [0.25, 0.3) is 10.4 Å². The number of nitrogens with one attached hydrogen (secondary N) is 2. The molecule has 0 fully saturated rings. The van der Waals surface area contributed by atoms with Crippen LogP contribution in [0.2, 0.25) is 0 Å². The van der Waals surface area contributed by atoms with Crippen molar-refractivity contribution in [3.05, 3.63) is 40.3 Å². The average molecular weight is 469 g/mol. The number of nitrogens with two attached hydrogens (primary N) is 1. The SMILES string of the molecule is CC(C)[C@H](N=[N+]=[N-])C(=O)N[C@@H](C)C(=O)Nc1ccc(CC(COC(N)=O)S(C)(=O)=O)cc1. The molecule has 4 N–H and O–H groups in total. The highest BCUT2D eigenvalue weighted by Gasteiger charge is 2.25. The van der Waals surface area contributed by atoms with E-state index in [0.717, 1.165) is 6.26 Å². The van der Waals surface area contributed by atoms with Gasteiger partial charge in [0, 0.05) is 16.9 Å². The maximum absolute atomic E-state index is 12.4. The minimum absolute atomic E-state index is 0.0861. The lowest BCUT2D eigenvalue weighted by Crippen LogP contribution is -2.46. The second-order valence-electron chi connectivity index (χ2n) is 7.60. The molecule has 0 aliphatic heterocycles. The predicted molar refractivity (Wildman–Crippen MR) is 118 cm³/mol. The molecule has 0 spiro atoms. The van der Waals surface area contributed by atoms with Crippen LogP contribution >= 0.6 is 0 Å². The Labute approximate surface area is 186 Å². The molecule has 32 heavy (non-hydrogen) atoms. The van der Waals surface area contributed by atoms with Crippen LogP contribution in [-0.4, -0.2) is 56.5 Å². The average Bonchev–Trinajstić information content (AvgIpc) is 2.68. The summed E-state index contributed by atoms with van der Waals surface area (Å²) < 4.78 is 28.4. The van der Waals surface area contributed by atoms with E-state index >= 15 is 0 Å². The number of hydrogen-bond acceptors (Lipinski definition) is 7. The molecule has 1 aromatic carbocycles. The van der Waals surface area contributed by atoms with Gasteiger partial charge >= 0.3 is 6.09 Å². The number of anilines is 1. The van der Waals surface area contributed by atoms with Crippen molar-refractivity contribution in [2.75, 3.05) is 18.2 Å². The molecule has 3 atom stereocenters. The second-order valence-corrected chi connectivity index (χ2v) is 9.92. The van der Waals surface area contributed by atoms with E-state index in [-0.39, 0.29) is 18.9 Å². The number of azide groups is 1. The lowest BCUT2D eigenvalue weighted by atomic mass is 10.0. The Morgan fingerprint density at radius 2 is 1.75 bits per heavy atom. The first-order valence-electron chi connectivity index (χ1n) is 9.70. The number of amides is 3. The molecule has 0 aromatic heterocycles. The van der Waals surface area contributed by atoms with Crippen molar-refractivity contribution in [1.29, 1.82) is 0 Å². The monoisotopic (exact) mass is 468 g/mol. The highest BCUT2D eigenvalue weighted by Crippen LogP contribution is 2.15. The fraction of sp³-hybridized carbons (Fsp3) is 0.526. The summed E-state index contributed by atoms with van der Waals surface area (Å²) in [5.74, 6) is -1.28. The van der Waals surface area contributed by atoms with Crippen molar-refractivity contribution in [3.8, 4) is 0 Å². The molecule has 0 aliphatic rings. The molecule has 1 rings (SSSR count). The van der Waals surface area contributed by atoms with Crippen molar-refractivity contribution < 1.29 is 27.5 Å². The number of primary amides is 1. The third-order valence-electron chi connectivity index (χ3n) is 4.53. The molecular formula is C19H28N6O6S. The molecule has 12 nitrogen and oxygen atoms in total. The molecule has 3 amide bonds. The summed E-state index contributed by atoms with van der Waals surface area (Å²) >= 11 is 0. The normalized spacial score (nSPS) is 13.9. The Hall–Kier alpha value is -3.31. The fourth-order valence-electron chi connectivity index (χ4n) is 2.66. The first kappa shape index (κ1) is 26.7. The van der Waals surface area contributed by atoms with Crippen LogP contribution in [0, 0.1) is 5.92 Å². The fourth-order valence-corrected chi connectivity index (χ4v) is 3.47. The smallest absolute Gasteiger partial charge is 0.404 e. The van der Waals surface area contributed by atoms with Crippen LogP contribution in [0.15, 0.2) is 29.4 Å². The van der Waals surface area contributed by atoms with Gasteiger partial charge in [-0.25, -0.2) is 13.2 Å². The number of hydrogen-bond donors (Lipinski definition) is 3. The summed E-state index contributed by atoms with van der Waals surface area (Å²) in [7, 11) is -3.50. The number of carbonyl (C=O) groups excluding carboxylic acids is 3. The number of rotatable bonds is 11. The van der Waals surface area contributed by atoms with Crippen molar-refractivity contribution in [2.24, 2.45) is 16.8 Å². The molecular weight excluding hydrogens is 440 g/mol. The summed E-state index contributed by atoms with van der Waals surface area (Å²) in [6, 6.07) is 4.57. The van der Waals surface area contributed by atoms with Crippen LogP contribution in [0.3, 0.4) is 0 Å². The zero-order chi connectivity index (χ0) is 24.5. The second kappa shape index (κ2) is 11.9. The molecule has 13 heteroatoms. The zero-order valence-corrected chi connectivity index (χ0v) is 19.1. The summed E-state index contributed by atoms with van der Waals surface area (Å²) in [4.78, 5) is 38.0. The predicted octanol–water partition coefficient (Wildman–Crippen LogP) is 1.52. The highest BCUT2D eigenvalue weighted by molar-refractivity contribution is 7.91. The lowest BCUT2D eigenvalue weighted by Gasteiger charge is -2.19. The van der Waals surface area contributed by atoms with Gasteiger partial charge in [-0.15, -0.1) is 0 Å². The molecule has 0 saturated carbocycles. The van der Waals surface area contributed by atoms with Gasteiger partial charge in [0.2, 0.25) is 11.8 Å². The van der Waals surface area contributed by atoms with E-state index in [1.165, 1.54) is 6.92 Å². The summed E-state index contributed by atoms with van der Waals surface area (Å²) in [5, 5.41) is 7.64. The summed E-state index contributed by atoms with van der Waals surface area (Å²) in [6.07, 6.45) is 0.0676. The Kier molecular flexibility index (Phi) is 9.95. The van der Waals surface area contributed by atoms with E-state index in [4.69, 9.17) is 11.3 Å². The molecule has 176 valence electrons. The van der Waals surface area contributed by atoms with Gasteiger partial charge in [0.15, 0.2) is 9.84 Å². The quantitative estimate of drug-likeness (QED) is 0.250. The van der Waals surface area contributed by atoms with Crippen LogP contribution in [-0.2, 0) is 30.6 Å². The van der Waals surface area contributed by atoms with Gasteiger partial charge < -0.3 is 21.1 Å². The standard InChI is InChI=1S/C19H28N6O6S/c1-11(2)16(24-25-21)18(27)22-12(3)17(26)23-14-7-5-13(6-8-14)9-15(32(4,29)30)10-31-19(20)28/h5-8,11-12,15-16H,9-10H2,1-4H3,(H2,20,28)(H,22,27)(H,23,26)/t12-,15?,16-/m0/s1. The van der Waals surface area contributed by atoms with E-state index in [1.807, 2.05) is 0 Å². The van der Waals surface area contributed by atoms with E-state index < -0.39 is 45.1 Å². The third-order valence-corrected chi connectivity index (χ3v) is 6.04. The molecule has 0 aliphatic carbocycles. The van der Waals surface area contributed by atoms with Crippen molar-refractivity contribution in [3.63, 3.8) is 0 Å². The number of benzene rings is 1. The number of ether oxygens (including phenoxy) is 1. The van der Waals surface area contributed by atoms with E-state index in [1.54, 1.807) is 38.1 Å². The molecule has 0 bridgehead atoms. The van der Waals surface area contributed by atoms with Crippen molar-refractivity contribution in [1.82, 2.24) is 5.32 Å². The largest absolute Gasteiger partial charge is 0.448 e. The van der Waals surface area contributed by atoms with Crippen molar-refractivity contribution >= 4 is 33.4 Å². The summed E-state index contributed by atoms with van der Waals surface area (Å²) in [5.41, 5.74) is 14.6. The maximum atomic E-state index is 12.4. The number of sulfone groups is 1. The Morgan fingerprint density at radius 1 is 1.16 bits per heavy atom. The minimum Gasteiger partial charge on any atom is -0.448 e. The topological polar surface area (TPSA) is 193 Å². The number of nitrogens with zero attached hydrogens (tertiary/aromatic N) is 3. The van der Waals surface area contributed by atoms with Crippen molar-refractivity contribution in [2.45, 2.75) is 44.5 Å².